The van der Waals surface area contributed by atoms with Gasteiger partial charge in [-0.15, -0.1) is 0 Å². The molecule has 0 aromatic heterocycles. The van der Waals surface area contributed by atoms with Crippen LogP contribution in [-0.2, 0) is 42.2 Å². The lowest BCUT2D eigenvalue weighted by Gasteiger charge is -2.21. The van der Waals surface area contributed by atoms with Crippen LogP contribution < -0.4 is 0 Å². The summed E-state index contributed by atoms with van der Waals surface area (Å²) in [4.78, 5) is 48.4. The third kappa shape index (κ3) is 53.7. The summed E-state index contributed by atoms with van der Waals surface area (Å²) in [6, 6.07) is 0. The molecule has 3 atom stereocenters. The van der Waals surface area contributed by atoms with E-state index in [0.29, 0.717) is 19.3 Å². The molecule has 0 aliphatic heterocycles. The molecule has 0 fully saturated rings. The number of rotatable bonds is 49. The van der Waals surface area contributed by atoms with Gasteiger partial charge in [-0.05, 0) is 128 Å². The second kappa shape index (κ2) is 56.1. The van der Waals surface area contributed by atoms with E-state index in [1.165, 1.54) is 0 Å². The zero-order chi connectivity index (χ0) is 55.5. The van der Waals surface area contributed by atoms with Crippen LogP contribution in [0.4, 0.5) is 0 Å². The lowest BCUT2D eigenvalue weighted by molar-refractivity contribution is -0.161. The highest BCUT2D eigenvalue weighted by Gasteiger charge is 2.28. The molecule has 0 bridgehead atoms. The molecule has 11 nitrogen and oxygen atoms in total. The molecule has 3 unspecified atom stereocenters. The molecule has 0 rings (SSSR count). The van der Waals surface area contributed by atoms with Crippen LogP contribution in [0.15, 0.2) is 170 Å². The van der Waals surface area contributed by atoms with E-state index in [0.717, 1.165) is 116 Å². The zero-order valence-corrected chi connectivity index (χ0v) is 47.5. The van der Waals surface area contributed by atoms with Crippen molar-refractivity contribution in [3.8, 4) is 0 Å². The summed E-state index contributed by atoms with van der Waals surface area (Å²) in [6.07, 6.45) is 74.9. The number of allylic oxidation sites excluding steroid dienone is 27. The summed E-state index contributed by atoms with van der Waals surface area (Å²) >= 11 is 0. The number of aliphatic hydroxyl groups excluding tert-OH is 1. The molecule has 424 valence electrons. The predicted molar refractivity (Wildman–Crippen MR) is 315 cm³/mol. The maximum Gasteiger partial charge on any atom is 0.472 e. The van der Waals surface area contributed by atoms with Gasteiger partial charge in [0.1, 0.15) is 12.7 Å². The van der Waals surface area contributed by atoms with E-state index in [1.54, 1.807) is 6.08 Å². The number of hydrogen-bond donors (Lipinski definition) is 2. The van der Waals surface area contributed by atoms with Crippen molar-refractivity contribution in [3.63, 3.8) is 0 Å². The van der Waals surface area contributed by atoms with Gasteiger partial charge in [0.2, 0.25) is 0 Å². The number of esters is 3. The maximum atomic E-state index is 12.9. The molecule has 0 saturated carbocycles. The van der Waals surface area contributed by atoms with Crippen molar-refractivity contribution in [2.45, 2.75) is 187 Å². The van der Waals surface area contributed by atoms with E-state index < -0.39 is 64.4 Å². The van der Waals surface area contributed by atoms with Crippen LogP contribution in [0.3, 0.4) is 0 Å². The number of carbonyl (C=O) groups is 3. The van der Waals surface area contributed by atoms with Crippen molar-refractivity contribution in [3.05, 3.63) is 170 Å². The molecule has 0 saturated heterocycles. The molecule has 2 N–H and O–H groups in total. The first-order valence-corrected chi connectivity index (χ1v) is 29.5. The van der Waals surface area contributed by atoms with E-state index in [1.807, 2.05) is 18.2 Å². The van der Waals surface area contributed by atoms with Crippen LogP contribution in [0.2, 0.25) is 0 Å². The molecule has 0 aromatic carbocycles. The zero-order valence-electron chi connectivity index (χ0n) is 46.6. The van der Waals surface area contributed by atoms with Crippen LogP contribution in [0.25, 0.3) is 0 Å². The molecule has 0 aliphatic rings. The highest BCUT2D eigenvalue weighted by atomic mass is 31.2. The van der Waals surface area contributed by atoms with Gasteiger partial charge in [0.25, 0.3) is 0 Å². The molecular formula is C64H97O11P. The summed E-state index contributed by atoms with van der Waals surface area (Å²) in [5.41, 5.74) is 0. The number of ether oxygens (including phenoxy) is 3. The van der Waals surface area contributed by atoms with Crippen molar-refractivity contribution >= 4 is 25.7 Å². The first kappa shape index (κ1) is 70.8. The van der Waals surface area contributed by atoms with E-state index in [-0.39, 0.29) is 19.3 Å². The van der Waals surface area contributed by atoms with Gasteiger partial charge in [0.15, 0.2) is 6.10 Å². The Morgan fingerprint density at radius 1 is 0.382 bits per heavy atom. The fourth-order valence-corrected chi connectivity index (χ4v) is 7.29. The number of hydrogen-bond acceptors (Lipinski definition) is 10. The average Bonchev–Trinajstić information content (AvgIpc) is 3.41. The maximum absolute atomic E-state index is 12.9. The molecule has 0 amide bonds. The van der Waals surface area contributed by atoms with Crippen molar-refractivity contribution in [1.29, 1.82) is 0 Å². The number of carbonyl (C=O) groups excluding carboxylic acids is 3. The smallest absolute Gasteiger partial charge is 0.462 e. The number of phosphoric ester groups is 1. The SMILES string of the molecule is CC/C=C\C/C=C\C/C=C\C/C=C\C/C=C\CCCCCC(=O)OC(COC(=O)CCCC/C=C\C/C=C\C/C=C\C/C=C\CC)COP(=O)(O)OCC(CO)OC(=O)C/C=C\C/C=C\C/C=C\C/C=C\C/C=C\CC. The second-order valence-electron chi connectivity index (χ2n) is 17.6. The Kier molecular flexibility index (Phi) is 52.2. The molecular weight excluding hydrogens is 976 g/mol. The van der Waals surface area contributed by atoms with Crippen LogP contribution in [0, 0.1) is 0 Å². The van der Waals surface area contributed by atoms with E-state index in [9.17, 15) is 28.9 Å². The van der Waals surface area contributed by atoms with E-state index >= 15 is 0 Å². The summed E-state index contributed by atoms with van der Waals surface area (Å²) in [6.45, 7) is 4.06. The number of unbranched alkanes of at least 4 members (excludes halogenated alkanes) is 5. The van der Waals surface area contributed by atoms with Gasteiger partial charge < -0.3 is 24.2 Å². The van der Waals surface area contributed by atoms with E-state index in [4.69, 9.17) is 23.3 Å². The molecule has 0 aliphatic carbocycles. The molecule has 12 heteroatoms. The molecule has 0 spiro atoms. The van der Waals surface area contributed by atoms with Gasteiger partial charge in [-0.3, -0.25) is 23.4 Å². The lowest BCUT2D eigenvalue weighted by atomic mass is 10.1. The second-order valence-corrected chi connectivity index (χ2v) is 19.1. The Bertz CT molecular complexity index is 1920. The standard InChI is InChI=1S/C64H97O11P/c1-4-7-10-13-16-19-22-25-28-29-30-31-34-37-40-43-46-49-52-55-64(68)75-61(57-71-62(66)53-50-47-44-41-38-35-32-26-23-20-17-14-11-8-5-2)59-73-76(69,70)72-58-60(56-65)74-63(67)54-51-48-45-42-39-36-33-27-24-21-18-15-12-9-6-3/h7-12,16-21,25-28,30-33,37-42,48,51,60-61,65H,4-6,13-15,22-24,29,34-36,43-47,49-50,52-59H2,1-3H3,(H,69,70)/b10-7-,11-8-,12-9-,19-16-,20-17-,21-18-,28-25-,31-30-,32-26-,33-27-,40-37-,41-38-,42-39-,51-48-. The third-order valence-electron chi connectivity index (χ3n) is 10.6. The quantitative estimate of drug-likeness (QED) is 0.0197. The first-order chi connectivity index (χ1) is 37.2. The molecule has 0 radical (unpaired) electrons. The summed E-state index contributed by atoms with van der Waals surface area (Å²) in [7, 11) is -4.80. The van der Waals surface area contributed by atoms with Crippen LogP contribution in [0.5, 0.6) is 0 Å². The summed E-state index contributed by atoms with van der Waals surface area (Å²) < 4.78 is 39.3. The largest absolute Gasteiger partial charge is 0.472 e. The van der Waals surface area contributed by atoms with Crippen molar-refractivity contribution < 1.29 is 52.2 Å². The normalized spacial score (nSPS) is 14.6. The molecule has 0 aromatic rings. The Balaban J connectivity index is 4.97. The van der Waals surface area contributed by atoms with Gasteiger partial charge in [-0.25, -0.2) is 4.57 Å². The fraction of sp³-hybridized carbons (Fsp3) is 0.516. The van der Waals surface area contributed by atoms with Crippen LogP contribution >= 0.6 is 7.82 Å². The number of phosphoric acid groups is 1. The van der Waals surface area contributed by atoms with Gasteiger partial charge in [0, 0.05) is 12.8 Å². The lowest BCUT2D eigenvalue weighted by Crippen LogP contribution is -2.30. The highest BCUT2D eigenvalue weighted by molar-refractivity contribution is 7.47. The summed E-state index contributed by atoms with van der Waals surface area (Å²) in [5, 5.41) is 9.79. The predicted octanol–water partition coefficient (Wildman–Crippen LogP) is 16.7. The van der Waals surface area contributed by atoms with E-state index in [2.05, 4.69) is 167 Å². The Morgan fingerprint density at radius 3 is 1.09 bits per heavy atom. The average molecular weight is 1070 g/mol. The monoisotopic (exact) mass is 1070 g/mol. The third-order valence-corrected chi connectivity index (χ3v) is 11.6. The van der Waals surface area contributed by atoms with Crippen molar-refractivity contribution in [1.82, 2.24) is 0 Å². The fourth-order valence-electron chi connectivity index (χ4n) is 6.51. The molecule has 0 heterocycles. The topological polar surface area (TPSA) is 155 Å². The van der Waals surface area contributed by atoms with Gasteiger partial charge in [-0.2, -0.15) is 0 Å². The summed E-state index contributed by atoms with van der Waals surface area (Å²) in [5.74, 6) is -1.72. The Hall–Kier alpha value is -5.16. The minimum absolute atomic E-state index is 0.0708. The van der Waals surface area contributed by atoms with Crippen LogP contribution in [0.1, 0.15) is 175 Å². The molecule has 76 heavy (non-hydrogen) atoms. The van der Waals surface area contributed by atoms with Crippen molar-refractivity contribution in [2.24, 2.45) is 0 Å². The number of aliphatic hydroxyl groups is 1. The van der Waals surface area contributed by atoms with Gasteiger partial charge in [-0.1, -0.05) is 197 Å². The highest BCUT2D eigenvalue weighted by Crippen LogP contribution is 2.43. The Labute approximate surface area is 459 Å². The Morgan fingerprint density at radius 2 is 0.697 bits per heavy atom. The van der Waals surface area contributed by atoms with Crippen molar-refractivity contribution in [2.75, 3.05) is 26.4 Å². The minimum Gasteiger partial charge on any atom is -0.462 e. The minimum atomic E-state index is -4.80. The van der Waals surface area contributed by atoms with Crippen LogP contribution in [-0.4, -0.2) is 66.5 Å². The first-order valence-electron chi connectivity index (χ1n) is 28.0. The van der Waals surface area contributed by atoms with Gasteiger partial charge in [0.05, 0.1) is 26.2 Å². The van der Waals surface area contributed by atoms with Gasteiger partial charge >= 0.3 is 25.7 Å².